The minimum atomic E-state index is -0.469. The fourth-order valence-electron chi connectivity index (χ4n) is 2.39. The number of carbonyl (C=O) groups excluding carboxylic acids is 1. The van der Waals surface area contributed by atoms with Crippen molar-refractivity contribution in [1.29, 1.82) is 0 Å². The molecule has 126 valence electrons. The lowest BCUT2D eigenvalue weighted by atomic mass is 10.1. The third-order valence-electron chi connectivity index (χ3n) is 3.58. The molecule has 0 aliphatic rings. The molecule has 0 saturated heterocycles. The Morgan fingerprint density at radius 3 is 2.68 bits per heavy atom. The Labute approximate surface area is 143 Å². The van der Waals surface area contributed by atoms with E-state index in [-0.39, 0.29) is 17.2 Å². The van der Waals surface area contributed by atoms with Crippen LogP contribution in [0.2, 0.25) is 0 Å². The number of nitro benzene ring substituents is 1. The number of hydrogen-bond acceptors (Lipinski definition) is 5. The van der Waals surface area contributed by atoms with Gasteiger partial charge in [-0.15, -0.1) is 0 Å². The zero-order valence-electron chi connectivity index (χ0n) is 13.5. The summed E-state index contributed by atoms with van der Waals surface area (Å²) in [6.45, 7) is 2.38. The topological polar surface area (TPSA) is 82.6 Å². The van der Waals surface area contributed by atoms with Crippen molar-refractivity contribution in [2.75, 3.05) is 6.61 Å². The van der Waals surface area contributed by atoms with Crippen LogP contribution < -0.4 is 4.74 Å². The molecule has 0 bridgehead atoms. The molecule has 0 atom stereocenters. The number of nitrogens with zero attached hydrogens (tertiary/aromatic N) is 1. The molecule has 25 heavy (non-hydrogen) atoms. The monoisotopic (exact) mass is 337 g/mol. The van der Waals surface area contributed by atoms with Crippen LogP contribution >= 0.6 is 0 Å². The number of benzene rings is 2. The largest absolute Gasteiger partial charge is 0.490 e. The van der Waals surface area contributed by atoms with Crippen LogP contribution in [0.15, 0.2) is 59.0 Å². The lowest BCUT2D eigenvalue weighted by molar-refractivity contribution is -0.384. The van der Waals surface area contributed by atoms with E-state index < -0.39 is 4.92 Å². The van der Waals surface area contributed by atoms with E-state index >= 15 is 0 Å². The molecule has 0 radical (unpaired) electrons. The Kier molecular flexibility index (Phi) is 4.61. The highest BCUT2D eigenvalue weighted by Crippen LogP contribution is 2.29. The standard InChI is InChI=1S/C19H15NO5/c1-2-24-17-5-3-4-14-12-18(25-19(14)17)16(21)11-8-13-6-9-15(10-7-13)20(22)23/h3-12H,2H2,1H3/b11-8+. The summed E-state index contributed by atoms with van der Waals surface area (Å²) >= 11 is 0. The highest BCUT2D eigenvalue weighted by molar-refractivity contribution is 6.07. The van der Waals surface area contributed by atoms with Gasteiger partial charge in [0, 0.05) is 17.5 Å². The van der Waals surface area contributed by atoms with Crippen molar-refractivity contribution < 1.29 is 18.9 Å². The van der Waals surface area contributed by atoms with E-state index in [1.54, 1.807) is 30.3 Å². The molecule has 0 amide bonds. The predicted molar refractivity (Wildman–Crippen MR) is 93.8 cm³/mol. The number of hydrogen-bond donors (Lipinski definition) is 0. The van der Waals surface area contributed by atoms with Crippen molar-refractivity contribution in [1.82, 2.24) is 0 Å². The van der Waals surface area contributed by atoms with E-state index in [9.17, 15) is 14.9 Å². The SMILES string of the molecule is CCOc1cccc2cc(C(=O)/C=C/c3ccc([N+](=O)[O-])cc3)oc12. The van der Waals surface area contributed by atoms with Crippen molar-refractivity contribution >= 4 is 28.5 Å². The maximum Gasteiger partial charge on any atom is 0.269 e. The Morgan fingerprint density at radius 2 is 2.00 bits per heavy atom. The molecule has 0 spiro atoms. The molecular formula is C19H15NO5. The predicted octanol–water partition coefficient (Wildman–Crippen LogP) is 4.64. The summed E-state index contributed by atoms with van der Waals surface area (Å²) in [6.07, 6.45) is 2.96. The van der Waals surface area contributed by atoms with E-state index in [1.807, 2.05) is 19.1 Å². The van der Waals surface area contributed by atoms with Gasteiger partial charge in [0.05, 0.1) is 11.5 Å². The first-order valence-corrected chi connectivity index (χ1v) is 7.70. The van der Waals surface area contributed by atoms with Gasteiger partial charge in [-0.2, -0.15) is 0 Å². The minimum absolute atomic E-state index is 0.00390. The molecule has 1 heterocycles. The van der Waals surface area contributed by atoms with Crippen LogP contribution in [0.5, 0.6) is 5.75 Å². The molecule has 6 heteroatoms. The number of para-hydroxylation sites is 1. The lowest BCUT2D eigenvalue weighted by Gasteiger charge is -2.01. The van der Waals surface area contributed by atoms with E-state index in [4.69, 9.17) is 9.15 Å². The molecular weight excluding hydrogens is 322 g/mol. The summed E-state index contributed by atoms with van der Waals surface area (Å²) in [7, 11) is 0. The van der Waals surface area contributed by atoms with Crippen LogP contribution in [0.1, 0.15) is 23.0 Å². The highest BCUT2D eigenvalue weighted by atomic mass is 16.6. The number of ether oxygens (including phenoxy) is 1. The van der Waals surface area contributed by atoms with Crippen LogP contribution in [0.4, 0.5) is 5.69 Å². The van der Waals surface area contributed by atoms with Crippen molar-refractivity contribution in [3.8, 4) is 5.75 Å². The van der Waals surface area contributed by atoms with Crippen molar-refractivity contribution in [2.45, 2.75) is 6.92 Å². The van der Waals surface area contributed by atoms with Gasteiger partial charge in [-0.25, -0.2) is 0 Å². The van der Waals surface area contributed by atoms with Gasteiger partial charge in [-0.3, -0.25) is 14.9 Å². The Balaban J connectivity index is 1.82. The molecule has 6 nitrogen and oxygen atoms in total. The molecule has 0 N–H and O–H groups in total. The third-order valence-corrected chi connectivity index (χ3v) is 3.58. The van der Waals surface area contributed by atoms with Gasteiger partial charge in [-0.05, 0) is 42.8 Å². The summed E-state index contributed by atoms with van der Waals surface area (Å²) in [5.41, 5.74) is 1.23. The van der Waals surface area contributed by atoms with Crippen LogP contribution in [0.25, 0.3) is 17.0 Å². The Morgan fingerprint density at radius 1 is 1.24 bits per heavy atom. The smallest absolute Gasteiger partial charge is 0.269 e. The first-order valence-electron chi connectivity index (χ1n) is 7.70. The quantitative estimate of drug-likeness (QED) is 0.283. The first-order chi connectivity index (χ1) is 12.1. The molecule has 0 fully saturated rings. The second-order valence-corrected chi connectivity index (χ2v) is 5.26. The number of carbonyl (C=O) groups is 1. The molecule has 0 aliphatic carbocycles. The fraction of sp³-hybridized carbons (Fsp3) is 0.105. The van der Waals surface area contributed by atoms with Gasteiger partial charge >= 0.3 is 0 Å². The third kappa shape index (κ3) is 3.58. The van der Waals surface area contributed by atoms with Gasteiger partial charge in [0.15, 0.2) is 17.1 Å². The van der Waals surface area contributed by atoms with E-state index in [0.717, 1.165) is 5.39 Å². The molecule has 3 rings (SSSR count). The number of allylic oxidation sites excluding steroid dienone is 1. The van der Waals surface area contributed by atoms with Crippen LogP contribution in [-0.4, -0.2) is 17.3 Å². The van der Waals surface area contributed by atoms with Gasteiger partial charge in [0.25, 0.3) is 5.69 Å². The van der Waals surface area contributed by atoms with E-state index in [1.165, 1.54) is 18.2 Å². The number of ketones is 1. The fourth-order valence-corrected chi connectivity index (χ4v) is 2.39. The van der Waals surface area contributed by atoms with Crippen LogP contribution in [-0.2, 0) is 0 Å². The van der Waals surface area contributed by atoms with Gasteiger partial charge in [-0.1, -0.05) is 18.2 Å². The second-order valence-electron chi connectivity index (χ2n) is 5.26. The van der Waals surface area contributed by atoms with Crippen LogP contribution in [0, 0.1) is 10.1 Å². The van der Waals surface area contributed by atoms with Crippen molar-refractivity contribution in [3.63, 3.8) is 0 Å². The number of rotatable bonds is 6. The summed E-state index contributed by atoms with van der Waals surface area (Å²) in [5.74, 6) is 0.510. The molecule has 2 aromatic carbocycles. The van der Waals surface area contributed by atoms with Crippen molar-refractivity contribution in [3.05, 3.63) is 76.0 Å². The van der Waals surface area contributed by atoms with Gasteiger partial charge < -0.3 is 9.15 Å². The normalized spacial score (nSPS) is 11.1. The van der Waals surface area contributed by atoms with Gasteiger partial charge in [0.2, 0.25) is 5.78 Å². The Bertz CT molecular complexity index is 954. The first kappa shape index (κ1) is 16.4. The van der Waals surface area contributed by atoms with Crippen molar-refractivity contribution in [2.24, 2.45) is 0 Å². The highest BCUT2D eigenvalue weighted by Gasteiger charge is 2.13. The molecule has 1 aromatic heterocycles. The molecule has 0 aliphatic heterocycles. The molecule has 0 unspecified atom stereocenters. The lowest BCUT2D eigenvalue weighted by Crippen LogP contribution is -1.91. The molecule has 3 aromatic rings. The summed E-state index contributed by atoms with van der Waals surface area (Å²) in [4.78, 5) is 22.5. The zero-order valence-corrected chi connectivity index (χ0v) is 13.5. The van der Waals surface area contributed by atoms with Gasteiger partial charge in [0.1, 0.15) is 0 Å². The number of furan rings is 1. The minimum Gasteiger partial charge on any atom is -0.490 e. The maximum atomic E-state index is 12.3. The number of fused-ring (bicyclic) bond motifs is 1. The molecule has 0 saturated carbocycles. The zero-order chi connectivity index (χ0) is 17.8. The maximum absolute atomic E-state index is 12.3. The second kappa shape index (κ2) is 7.00. The summed E-state index contributed by atoms with van der Waals surface area (Å²) in [6, 6.07) is 13.1. The number of nitro groups is 1. The summed E-state index contributed by atoms with van der Waals surface area (Å²) < 4.78 is 11.1. The average Bonchev–Trinajstić information content (AvgIpc) is 3.05. The van der Waals surface area contributed by atoms with Crippen LogP contribution in [0.3, 0.4) is 0 Å². The summed E-state index contributed by atoms with van der Waals surface area (Å²) in [5, 5.41) is 11.4. The Hall–Kier alpha value is -3.41. The average molecular weight is 337 g/mol. The number of non-ortho nitro benzene ring substituents is 1. The van der Waals surface area contributed by atoms with E-state index in [0.29, 0.717) is 23.5 Å². The van der Waals surface area contributed by atoms with E-state index in [2.05, 4.69) is 0 Å².